The van der Waals surface area contributed by atoms with E-state index in [9.17, 15) is 14.4 Å². The number of nitrogens with zero attached hydrogens (tertiary/aromatic N) is 1. The summed E-state index contributed by atoms with van der Waals surface area (Å²) in [7, 11) is 1.28. The van der Waals surface area contributed by atoms with E-state index in [4.69, 9.17) is 16.3 Å². The van der Waals surface area contributed by atoms with Crippen molar-refractivity contribution in [1.29, 1.82) is 0 Å². The summed E-state index contributed by atoms with van der Waals surface area (Å²) < 4.78 is 4.70. The maximum atomic E-state index is 12.2. The van der Waals surface area contributed by atoms with Crippen LogP contribution >= 0.6 is 11.6 Å². The van der Waals surface area contributed by atoms with Gasteiger partial charge in [0.15, 0.2) is 0 Å². The van der Waals surface area contributed by atoms with Gasteiger partial charge in [-0.1, -0.05) is 29.3 Å². The Kier molecular flexibility index (Phi) is 6.96. The molecule has 0 aliphatic carbocycles. The number of amides is 2. The topological polar surface area (TPSA) is 75.7 Å². The molecule has 2 aromatic carbocycles. The zero-order valence-corrected chi connectivity index (χ0v) is 16.2. The van der Waals surface area contributed by atoms with E-state index >= 15 is 0 Å². The highest BCUT2D eigenvalue weighted by Gasteiger charge is 2.18. The van der Waals surface area contributed by atoms with Crippen LogP contribution in [0, 0.1) is 6.92 Å². The van der Waals surface area contributed by atoms with E-state index in [2.05, 4.69) is 5.32 Å². The van der Waals surface area contributed by atoms with Gasteiger partial charge in [0.05, 0.1) is 23.4 Å². The van der Waals surface area contributed by atoms with E-state index in [0.29, 0.717) is 16.3 Å². The number of anilines is 1. The summed E-state index contributed by atoms with van der Waals surface area (Å²) in [6, 6.07) is 11.8. The lowest BCUT2D eigenvalue weighted by Gasteiger charge is -2.23. The molecule has 0 aromatic heterocycles. The van der Waals surface area contributed by atoms with Crippen molar-refractivity contribution >= 4 is 35.1 Å². The van der Waals surface area contributed by atoms with E-state index < -0.39 is 5.97 Å². The number of hydrogen-bond donors (Lipinski definition) is 1. The Labute approximate surface area is 163 Å². The molecule has 2 aromatic rings. The molecule has 0 aliphatic rings. The van der Waals surface area contributed by atoms with Crippen LogP contribution in [0.4, 0.5) is 5.69 Å². The number of rotatable bonds is 6. The first kappa shape index (κ1) is 20.5. The molecule has 0 spiro atoms. The third-order valence-electron chi connectivity index (χ3n) is 3.94. The zero-order chi connectivity index (χ0) is 20.0. The molecule has 6 nitrogen and oxygen atoms in total. The molecule has 0 radical (unpaired) electrons. The molecule has 0 saturated carbocycles. The first-order valence-corrected chi connectivity index (χ1v) is 8.72. The number of ether oxygens (including phenoxy) is 1. The van der Waals surface area contributed by atoms with Gasteiger partial charge < -0.3 is 15.0 Å². The van der Waals surface area contributed by atoms with E-state index in [1.807, 2.05) is 19.1 Å². The van der Waals surface area contributed by atoms with Gasteiger partial charge >= 0.3 is 5.97 Å². The van der Waals surface area contributed by atoms with E-state index in [1.54, 1.807) is 12.1 Å². The van der Waals surface area contributed by atoms with Gasteiger partial charge in [-0.05, 0) is 37.3 Å². The summed E-state index contributed by atoms with van der Waals surface area (Å²) in [5, 5.41) is 3.10. The fourth-order valence-electron chi connectivity index (χ4n) is 2.58. The van der Waals surface area contributed by atoms with Crippen molar-refractivity contribution in [3.8, 4) is 0 Å². The van der Waals surface area contributed by atoms with Crippen molar-refractivity contribution in [3.05, 3.63) is 64.2 Å². The van der Waals surface area contributed by atoms with Crippen LogP contribution in [-0.2, 0) is 9.53 Å². The number of benzene rings is 2. The second-order valence-electron chi connectivity index (χ2n) is 5.95. The van der Waals surface area contributed by atoms with Crippen molar-refractivity contribution in [2.75, 3.05) is 25.1 Å². The average Bonchev–Trinajstić information content (AvgIpc) is 2.65. The molecule has 1 N–H and O–H groups in total. The van der Waals surface area contributed by atoms with Crippen molar-refractivity contribution in [1.82, 2.24) is 5.32 Å². The van der Waals surface area contributed by atoms with Gasteiger partial charge in [-0.3, -0.25) is 9.59 Å². The Bertz CT molecular complexity index is 867. The highest BCUT2D eigenvalue weighted by atomic mass is 35.5. The molecule has 2 amide bonds. The van der Waals surface area contributed by atoms with E-state index in [1.165, 1.54) is 37.1 Å². The molecule has 0 atom stereocenters. The van der Waals surface area contributed by atoms with Crippen molar-refractivity contribution in [3.63, 3.8) is 0 Å². The van der Waals surface area contributed by atoms with Crippen LogP contribution in [0.3, 0.4) is 0 Å². The number of halogens is 1. The number of carbonyl (C=O) groups is 3. The van der Waals surface area contributed by atoms with Gasteiger partial charge in [0.2, 0.25) is 5.91 Å². The number of esters is 1. The summed E-state index contributed by atoms with van der Waals surface area (Å²) in [4.78, 5) is 37.4. The van der Waals surface area contributed by atoms with E-state index in [-0.39, 0.29) is 30.5 Å². The van der Waals surface area contributed by atoms with Crippen LogP contribution in [0.15, 0.2) is 42.5 Å². The SMILES string of the molecule is COC(=O)c1ccc(Cl)c(N(CCNC(=O)c2cccc(C)c2)C(C)=O)c1. The largest absolute Gasteiger partial charge is 0.465 e. The fraction of sp³-hybridized carbons (Fsp3) is 0.250. The summed E-state index contributed by atoms with van der Waals surface area (Å²) in [6.45, 7) is 3.73. The lowest BCUT2D eigenvalue weighted by Crippen LogP contribution is -2.37. The molecule has 0 heterocycles. The first-order chi connectivity index (χ1) is 12.8. The van der Waals surface area contributed by atoms with Crippen LogP contribution in [0.2, 0.25) is 5.02 Å². The summed E-state index contributed by atoms with van der Waals surface area (Å²) in [6.07, 6.45) is 0. The lowest BCUT2D eigenvalue weighted by molar-refractivity contribution is -0.116. The number of nitrogens with one attached hydrogen (secondary N) is 1. The van der Waals surface area contributed by atoms with Crippen LogP contribution in [0.1, 0.15) is 33.2 Å². The Hall–Kier alpha value is -2.86. The van der Waals surface area contributed by atoms with Crippen molar-refractivity contribution in [2.24, 2.45) is 0 Å². The van der Waals surface area contributed by atoms with Gasteiger partial charge in [-0.2, -0.15) is 0 Å². The van der Waals surface area contributed by atoms with Crippen LogP contribution in [-0.4, -0.2) is 38.0 Å². The first-order valence-electron chi connectivity index (χ1n) is 8.34. The quantitative estimate of drug-likeness (QED) is 0.771. The minimum atomic E-state index is -0.524. The van der Waals surface area contributed by atoms with Crippen LogP contribution in [0.25, 0.3) is 0 Å². The molecule has 0 unspecified atom stereocenters. The second-order valence-corrected chi connectivity index (χ2v) is 6.36. The summed E-state index contributed by atoms with van der Waals surface area (Å²) >= 11 is 6.20. The normalized spacial score (nSPS) is 10.2. The molecule has 2 rings (SSSR count). The molecule has 27 heavy (non-hydrogen) atoms. The fourth-order valence-corrected chi connectivity index (χ4v) is 2.80. The second kappa shape index (κ2) is 9.19. The smallest absolute Gasteiger partial charge is 0.337 e. The highest BCUT2D eigenvalue weighted by Crippen LogP contribution is 2.27. The lowest BCUT2D eigenvalue weighted by atomic mass is 10.1. The average molecular weight is 389 g/mol. The van der Waals surface area contributed by atoms with Crippen LogP contribution < -0.4 is 10.2 Å². The maximum absolute atomic E-state index is 12.2. The molecule has 142 valence electrons. The highest BCUT2D eigenvalue weighted by molar-refractivity contribution is 6.34. The molecular weight excluding hydrogens is 368 g/mol. The molecule has 7 heteroatoms. The predicted molar refractivity (Wildman–Crippen MR) is 104 cm³/mol. The molecule has 0 saturated heterocycles. The van der Waals surface area contributed by atoms with Gasteiger partial charge in [0.25, 0.3) is 5.91 Å². The van der Waals surface area contributed by atoms with Gasteiger partial charge in [-0.15, -0.1) is 0 Å². The Morgan fingerprint density at radius 1 is 1.11 bits per heavy atom. The zero-order valence-electron chi connectivity index (χ0n) is 15.4. The standard InChI is InChI=1S/C20H21ClN2O4/c1-13-5-4-6-15(11-13)19(25)22-9-10-23(14(2)24)18-12-16(20(26)27-3)7-8-17(18)21/h4-8,11-12H,9-10H2,1-3H3,(H,22,25). The predicted octanol–water partition coefficient (Wildman–Crippen LogP) is 3.22. The minimum absolute atomic E-state index is 0.206. The summed E-state index contributed by atoms with van der Waals surface area (Å²) in [5.74, 6) is -1.01. The number of hydrogen-bond acceptors (Lipinski definition) is 4. The Balaban J connectivity index is 2.11. The monoisotopic (exact) mass is 388 g/mol. The molecular formula is C20H21ClN2O4. The number of aryl methyl sites for hydroxylation is 1. The molecule has 0 aliphatic heterocycles. The maximum Gasteiger partial charge on any atom is 0.337 e. The summed E-state index contributed by atoms with van der Waals surface area (Å²) in [5.41, 5.74) is 2.21. The van der Waals surface area contributed by atoms with Gasteiger partial charge in [0.1, 0.15) is 0 Å². The third kappa shape index (κ3) is 5.31. The minimum Gasteiger partial charge on any atom is -0.465 e. The van der Waals surface area contributed by atoms with E-state index in [0.717, 1.165) is 5.56 Å². The molecule has 0 bridgehead atoms. The van der Waals surface area contributed by atoms with Crippen LogP contribution in [0.5, 0.6) is 0 Å². The number of carbonyl (C=O) groups excluding carboxylic acids is 3. The van der Waals surface area contributed by atoms with Gasteiger partial charge in [-0.25, -0.2) is 4.79 Å². The van der Waals surface area contributed by atoms with Crippen molar-refractivity contribution in [2.45, 2.75) is 13.8 Å². The molecule has 0 fully saturated rings. The van der Waals surface area contributed by atoms with Gasteiger partial charge in [0, 0.05) is 25.6 Å². The Morgan fingerprint density at radius 3 is 2.48 bits per heavy atom. The van der Waals surface area contributed by atoms with Crippen molar-refractivity contribution < 1.29 is 19.1 Å². The Morgan fingerprint density at radius 2 is 1.85 bits per heavy atom. The third-order valence-corrected chi connectivity index (χ3v) is 4.26. The number of methoxy groups -OCH3 is 1.